The average molecular weight is 287 g/mol. The van der Waals surface area contributed by atoms with Crippen LogP contribution in [-0.2, 0) is 4.79 Å². The van der Waals surface area contributed by atoms with Gasteiger partial charge >= 0.3 is 0 Å². The zero-order valence-corrected chi connectivity index (χ0v) is 11.2. The van der Waals surface area contributed by atoms with Gasteiger partial charge in [0.25, 0.3) is 0 Å². The highest BCUT2D eigenvalue weighted by Crippen LogP contribution is 2.50. The van der Waals surface area contributed by atoms with Crippen molar-refractivity contribution in [3.63, 3.8) is 0 Å². The van der Waals surface area contributed by atoms with Crippen LogP contribution in [0.25, 0.3) is 0 Å². The highest BCUT2D eigenvalue weighted by molar-refractivity contribution is 8.04. The number of halogens is 2. The molecule has 0 saturated heterocycles. The van der Waals surface area contributed by atoms with E-state index in [1.807, 2.05) is 5.94 Å². The highest BCUT2D eigenvalue weighted by Gasteiger charge is 2.31. The Balaban J connectivity index is 2.47. The Hall–Kier alpha value is -0.860. The van der Waals surface area contributed by atoms with E-state index in [9.17, 15) is 9.90 Å². The van der Waals surface area contributed by atoms with Gasteiger partial charge < -0.3 is 5.11 Å². The predicted octanol–water partition coefficient (Wildman–Crippen LogP) is 4.33. The maximum absolute atomic E-state index is 10.7. The molecule has 17 heavy (non-hydrogen) atoms. The van der Waals surface area contributed by atoms with Crippen LogP contribution in [0.2, 0.25) is 10.0 Å². The molecule has 0 aliphatic carbocycles. The van der Waals surface area contributed by atoms with E-state index in [1.165, 1.54) is 11.8 Å². The summed E-state index contributed by atoms with van der Waals surface area (Å²) in [7, 11) is 0. The maximum Gasteiger partial charge on any atom is 0.139 e. The lowest BCUT2D eigenvalue weighted by Crippen LogP contribution is -1.95. The first-order valence-electron chi connectivity index (χ1n) is 4.81. The third kappa shape index (κ3) is 2.24. The first-order valence-corrected chi connectivity index (χ1v) is 6.45. The van der Waals surface area contributed by atoms with Gasteiger partial charge in [-0.25, -0.2) is 4.79 Å². The molecule has 0 spiro atoms. The fourth-order valence-electron chi connectivity index (χ4n) is 1.60. The molecule has 0 aromatic heterocycles. The number of allylic oxidation sites excluding steroid dienone is 1. The van der Waals surface area contributed by atoms with Crippen molar-refractivity contribution in [2.24, 2.45) is 0 Å². The number of rotatable bonds is 1. The van der Waals surface area contributed by atoms with Crippen LogP contribution in [-0.4, -0.2) is 11.0 Å². The third-order valence-electron chi connectivity index (χ3n) is 2.55. The summed E-state index contributed by atoms with van der Waals surface area (Å²) in [5.74, 6) is 1.97. The molecule has 1 aliphatic rings. The summed E-state index contributed by atoms with van der Waals surface area (Å²) in [6.45, 7) is 1.69. The Morgan fingerprint density at radius 3 is 2.65 bits per heavy atom. The van der Waals surface area contributed by atoms with Crippen molar-refractivity contribution in [3.05, 3.63) is 50.0 Å². The summed E-state index contributed by atoms with van der Waals surface area (Å²) in [4.78, 5) is 11.1. The second-order valence-electron chi connectivity index (χ2n) is 3.61. The number of carbonyl (C=O) groups excluding carboxylic acids is 1. The summed E-state index contributed by atoms with van der Waals surface area (Å²) >= 11 is 13.1. The molecule has 1 unspecified atom stereocenters. The van der Waals surface area contributed by atoms with Crippen LogP contribution in [0, 0.1) is 0 Å². The smallest absolute Gasteiger partial charge is 0.139 e. The fraction of sp³-hybridized carbons (Fsp3) is 0.167. The normalized spacial score (nSPS) is 19.7. The molecule has 0 radical (unpaired) electrons. The number of aliphatic hydroxyl groups is 1. The molecule has 1 aromatic rings. The summed E-state index contributed by atoms with van der Waals surface area (Å²) in [5.41, 5.74) is 1.30. The van der Waals surface area contributed by atoms with E-state index in [2.05, 4.69) is 0 Å². The molecule has 88 valence electrons. The van der Waals surface area contributed by atoms with E-state index in [0.717, 1.165) is 5.56 Å². The number of aliphatic hydroxyl groups excluding tert-OH is 1. The Morgan fingerprint density at radius 2 is 2.12 bits per heavy atom. The van der Waals surface area contributed by atoms with Gasteiger partial charge in [0.1, 0.15) is 11.7 Å². The molecular formula is C12H8Cl2O2S. The van der Waals surface area contributed by atoms with Crippen molar-refractivity contribution in [3.8, 4) is 0 Å². The van der Waals surface area contributed by atoms with Crippen molar-refractivity contribution in [1.29, 1.82) is 0 Å². The van der Waals surface area contributed by atoms with Crippen molar-refractivity contribution in [1.82, 2.24) is 0 Å². The van der Waals surface area contributed by atoms with Crippen LogP contribution >= 0.6 is 35.0 Å². The Bertz CT molecular complexity index is 560. The molecule has 1 atom stereocenters. The van der Waals surface area contributed by atoms with E-state index in [4.69, 9.17) is 23.2 Å². The highest BCUT2D eigenvalue weighted by atomic mass is 35.5. The summed E-state index contributed by atoms with van der Waals surface area (Å²) in [5, 5.41) is 10.6. The quantitative estimate of drug-likeness (QED) is 0.781. The second-order valence-corrected chi connectivity index (χ2v) is 5.56. The molecule has 2 rings (SSSR count). The van der Waals surface area contributed by atoms with Gasteiger partial charge in [-0.05, 0) is 24.6 Å². The first kappa shape index (κ1) is 12.6. The monoisotopic (exact) mass is 286 g/mol. The molecule has 2 nitrogen and oxygen atoms in total. The summed E-state index contributed by atoms with van der Waals surface area (Å²) in [6.07, 6.45) is 0. The van der Waals surface area contributed by atoms with Crippen LogP contribution in [0.15, 0.2) is 34.4 Å². The molecule has 0 amide bonds. The molecule has 5 heteroatoms. The lowest BCUT2D eigenvalue weighted by Gasteiger charge is -2.11. The predicted molar refractivity (Wildman–Crippen MR) is 71.3 cm³/mol. The van der Waals surface area contributed by atoms with Crippen LogP contribution in [0.1, 0.15) is 17.7 Å². The van der Waals surface area contributed by atoms with Crippen molar-refractivity contribution < 1.29 is 9.90 Å². The average Bonchev–Trinajstić information content (AvgIpc) is 2.57. The number of benzene rings is 1. The van der Waals surface area contributed by atoms with Gasteiger partial charge in [0.2, 0.25) is 0 Å². The van der Waals surface area contributed by atoms with E-state index >= 15 is 0 Å². The van der Waals surface area contributed by atoms with Gasteiger partial charge in [0.05, 0.1) is 10.2 Å². The zero-order valence-electron chi connectivity index (χ0n) is 8.83. The fourth-order valence-corrected chi connectivity index (χ4v) is 3.37. The van der Waals surface area contributed by atoms with Gasteiger partial charge in [0.15, 0.2) is 0 Å². The van der Waals surface area contributed by atoms with Gasteiger partial charge in [0, 0.05) is 15.6 Å². The van der Waals surface area contributed by atoms with E-state index in [-0.39, 0.29) is 11.0 Å². The molecule has 0 bridgehead atoms. The van der Waals surface area contributed by atoms with Crippen LogP contribution in [0.3, 0.4) is 0 Å². The summed E-state index contributed by atoms with van der Waals surface area (Å²) < 4.78 is 0. The van der Waals surface area contributed by atoms with Crippen molar-refractivity contribution >= 4 is 40.9 Å². The van der Waals surface area contributed by atoms with Gasteiger partial charge in [-0.1, -0.05) is 41.0 Å². The lowest BCUT2D eigenvalue weighted by atomic mass is 10.1. The minimum Gasteiger partial charge on any atom is -0.510 e. The number of thioether (sulfide) groups is 1. The first-order chi connectivity index (χ1) is 8.04. The van der Waals surface area contributed by atoms with Crippen LogP contribution in [0.4, 0.5) is 0 Å². The molecule has 1 heterocycles. The van der Waals surface area contributed by atoms with Crippen LogP contribution in [0.5, 0.6) is 0 Å². The standard InChI is InChI=1S/C12H8Cl2O2S/c1-6-10(5-15)17-12(11(6)16)8-3-2-7(13)4-9(8)14/h2-4,12,16H,1H3. The summed E-state index contributed by atoms with van der Waals surface area (Å²) in [6, 6.07) is 5.07. The van der Waals surface area contributed by atoms with E-state index < -0.39 is 0 Å². The third-order valence-corrected chi connectivity index (χ3v) is 4.45. The maximum atomic E-state index is 10.7. The van der Waals surface area contributed by atoms with Crippen molar-refractivity contribution in [2.45, 2.75) is 12.2 Å². The molecule has 0 fully saturated rings. The van der Waals surface area contributed by atoms with Gasteiger partial charge in [-0.3, -0.25) is 0 Å². The Morgan fingerprint density at radius 1 is 1.41 bits per heavy atom. The molecule has 0 saturated carbocycles. The largest absolute Gasteiger partial charge is 0.510 e. The molecular weight excluding hydrogens is 279 g/mol. The molecule has 1 aromatic carbocycles. The molecule has 1 aliphatic heterocycles. The van der Waals surface area contributed by atoms with E-state index in [1.54, 1.807) is 25.1 Å². The number of hydrogen-bond acceptors (Lipinski definition) is 3. The van der Waals surface area contributed by atoms with Gasteiger partial charge in [-0.15, -0.1) is 0 Å². The topological polar surface area (TPSA) is 37.3 Å². The zero-order chi connectivity index (χ0) is 12.6. The van der Waals surface area contributed by atoms with Crippen LogP contribution < -0.4 is 0 Å². The van der Waals surface area contributed by atoms with E-state index in [0.29, 0.717) is 20.5 Å². The number of hydrogen-bond donors (Lipinski definition) is 1. The Kier molecular flexibility index (Phi) is 3.55. The van der Waals surface area contributed by atoms with Gasteiger partial charge in [-0.2, -0.15) is 0 Å². The minimum absolute atomic E-state index is 0.151. The SMILES string of the molecule is CC1=C(O)C(c2ccc(Cl)cc2Cl)SC1=C=O. The molecule has 1 N–H and O–H groups in total. The second kappa shape index (κ2) is 4.79. The lowest BCUT2D eigenvalue weighted by molar-refractivity contribution is 0.393. The minimum atomic E-state index is -0.351. The van der Waals surface area contributed by atoms with Crippen molar-refractivity contribution in [2.75, 3.05) is 0 Å². The Labute approximate surface area is 113 Å².